The average Bonchev–Trinajstić information content (AvgIpc) is 2.95. The van der Waals surface area contributed by atoms with Gasteiger partial charge in [0.25, 0.3) is 0 Å². The molecule has 1 aromatic heterocycles. The lowest BCUT2D eigenvalue weighted by Gasteiger charge is -2.23. The zero-order valence-corrected chi connectivity index (χ0v) is 16.6. The van der Waals surface area contributed by atoms with Crippen LogP contribution in [0.1, 0.15) is 12.6 Å². The Morgan fingerprint density at radius 1 is 1.41 bits per heavy atom. The topological polar surface area (TPSA) is 62.0 Å². The van der Waals surface area contributed by atoms with Gasteiger partial charge in [-0.1, -0.05) is 11.6 Å². The lowest BCUT2D eigenvalue weighted by atomic mass is 10.3. The summed E-state index contributed by atoms with van der Waals surface area (Å²) in [6, 6.07) is 7.58. The second-order valence-electron chi connectivity index (χ2n) is 6.23. The van der Waals surface area contributed by atoms with Crippen molar-refractivity contribution in [2.45, 2.75) is 19.6 Å². The average molecular weight is 397 g/mol. The molecule has 0 saturated heterocycles. The quantitative estimate of drug-likeness (QED) is 0.532. The van der Waals surface area contributed by atoms with Crippen LogP contribution in [-0.2, 0) is 13.6 Å². The van der Waals surface area contributed by atoms with Gasteiger partial charge in [-0.2, -0.15) is 0 Å². The molecule has 2 N–H and O–H groups in total. The summed E-state index contributed by atoms with van der Waals surface area (Å²) in [5, 5.41) is 14.0. The molecule has 0 aliphatic heterocycles. The van der Waals surface area contributed by atoms with Crippen LogP contribution >= 0.6 is 11.6 Å². The summed E-state index contributed by atoms with van der Waals surface area (Å²) in [5.41, 5.74) is 1.05. The van der Waals surface area contributed by atoms with Crippen molar-refractivity contribution in [3.8, 4) is 5.75 Å². The van der Waals surface area contributed by atoms with E-state index >= 15 is 0 Å². The molecule has 8 heteroatoms. The number of guanidine groups is 1. The van der Waals surface area contributed by atoms with Gasteiger partial charge in [-0.25, -0.2) is 4.39 Å². The summed E-state index contributed by atoms with van der Waals surface area (Å²) in [6.45, 7) is 3.57. The summed E-state index contributed by atoms with van der Waals surface area (Å²) < 4.78 is 20.3. The summed E-state index contributed by atoms with van der Waals surface area (Å²) >= 11 is 6.03. The molecule has 6 nitrogen and oxygen atoms in total. The molecule has 27 heavy (non-hydrogen) atoms. The van der Waals surface area contributed by atoms with Crippen molar-refractivity contribution in [2.75, 3.05) is 26.7 Å². The first-order valence-electron chi connectivity index (χ1n) is 8.75. The maximum atomic E-state index is 12.9. The number of aromatic nitrogens is 1. The summed E-state index contributed by atoms with van der Waals surface area (Å²) in [4.78, 5) is 6.43. The molecule has 2 aromatic rings. The third kappa shape index (κ3) is 6.77. The number of ether oxygens (including phenoxy) is 1. The number of halogens is 2. The predicted octanol–water partition coefficient (Wildman–Crippen LogP) is 2.65. The summed E-state index contributed by atoms with van der Waals surface area (Å²) in [7, 11) is 3.86. The van der Waals surface area contributed by atoms with Gasteiger partial charge < -0.3 is 24.6 Å². The molecule has 1 aromatic carbocycles. The standard InChI is InChI=1S/C19H26ClFN4O2/c1-4-22-19(25(3)12-16-9-14(20)11-24(16)2)23-10-17(26)13-27-18-7-5-15(21)6-8-18/h5-9,11,17,26H,4,10,12-13H2,1-3H3,(H,22,23). The molecule has 148 valence electrons. The number of aliphatic hydroxyl groups is 1. The molecule has 0 aliphatic rings. The monoisotopic (exact) mass is 396 g/mol. The van der Waals surface area contributed by atoms with Crippen molar-refractivity contribution >= 4 is 17.6 Å². The van der Waals surface area contributed by atoms with Crippen molar-refractivity contribution in [1.82, 2.24) is 14.8 Å². The van der Waals surface area contributed by atoms with Crippen LogP contribution in [0.3, 0.4) is 0 Å². The maximum Gasteiger partial charge on any atom is 0.194 e. The highest BCUT2D eigenvalue weighted by Crippen LogP contribution is 2.14. The fourth-order valence-electron chi connectivity index (χ4n) is 2.48. The first-order valence-corrected chi connectivity index (χ1v) is 9.13. The molecule has 1 heterocycles. The zero-order valence-electron chi connectivity index (χ0n) is 15.8. The second-order valence-corrected chi connectivity index (χ2v) is 6.67. The van der Waals surface area contributed by atoms with Crippen LogP contribution in [0.25, 0.3) is 0 Å². The molecule has 0 bridgehead atoms. The van der Waals surface area contributed by atoms with Gasteiger partial charge in [0, 0.05) is 32.5 Å². The van der Waals surface area contributed by atoms with E-state index in [1.165, 1.54) is 24.3 Å². The summed E-state index contributed by atoms with van der Waals surface area (Å²) in [5.74, 6) is 0.852. The van der Waals surface area contributed by atoms with Gasteiger partial charge in [-0.15, -0.1) is 0 Å². The first kappa shape index (κ1) is 21.1. The van der Waals surface area contributed by atoms with E-state index in [0.29, 0.717) is 29.8 Å². The molecule has 1 unspecified atom stereocenters. The molecule has 0 amide bonds. The number of nitrogens with one attached hydrogen (secondary N) is 1. The zero-order chi connectivity index (χ0) is 19.8. The Morgan fingerprint density at radius 2 is 2.11 bits per heavy atom. The number of rotatable bonds is 8. The largest absolute Gasteiger partial charge is 0.491 e. The SMILES string of the molecule is CCNC(=NCC(O)COc1ccc(F)cc1)N(C)Cc1cc(Cl)cn1C. The van der Waals surface area contributed by atoms with Crippen molar-refractivity contribution in [3.63, 3.8) is 0 Å². The van der Waals surface area contributed by atoms with Crippen molar-refractivity contribution < 1.29 is 14.2 Å². The van der Waals surface area contributed by atoms with Crippen molar-refractivity contribution in [1.29, 1.82) is 0 Å². The van der Waals surface area contributed by atoms with Crippen molar-refractivity contribution in [3.05, 3.63) is 53.1 Å². The van der Waals surface area contributed by atoms with Crippen LogP contribution in [0.15, 0.2) is 41.5 Å². The van der Waals surface area contributed by atoms with E-state index in [1.54, 1.807) is 0 Å². The van der Waals surface area contributed by atoms with Crippen LogP contribution in [0, 0.1) is 5.82 Å². The number of nitrogens with zero attached hydrogens (tertiary/aromatic N) is 3. The molecular weight excluding hydrogens is 371 g/mol. The van der Waals surface area contributed by atoms with E-state index in [0.717, 1.165) is 5.69 Å². The highest BCUT2D eigenvalue weighted by atomic mass is 35.5. The van der Waals surface area contributed by atoms with Gasteiger partial charge in [0.15, 0.2) is 5.96 Å². The molecule has 0 radical (unpaired) electrons. The molecule has 0 saturated carbocycles. The lowest BCUT2D eigenvalue weighted by Crippen LogP contribution is -2.39. The number of aryl methyl sites for hydroxylation is 1. The fourth-order valence-corrected chi connectivity index (χ4v) is 2.75. The minimum Gasteiger partial charge on any atom is -0.491 e. The van der Waals surface area contributed by atoms with Crippen LogP contribution in [0.5, 0.6) is 5.75 Å². The fraction of sp³-hybridized carbons (Fsp3) is 0.421. The van der Waals surface area contributed by atoms with Gasteiger partial charge in [0.05, 0.1) is 18.1 Å². The molecule has 2 rings (SSSR count). The van der Waals surface area contributed by atoms with Crippen LogP contribution < -0.4 is 10.1 Å². The predicted molar refractivity (Wildman–Crippen MR) is 106 cm³/mol. The number of benzene rings is 1. The molecule has 0 aliphatic carbocycles. The van der Waals surface area contributed by atoms with Crippen LogP contribution in [0.4, 0.5) is 4.39 Å². The van der Waals surface area contributed by atoms with E-state index in [1.807, 2.05) is 42.7 Å². The van der Waals surface area contributed by atoms with E-state index in [2.05, 4.69) is 10.3 Å². The Bertz CT molecular complexity index is 749. The molecule has 0 fully saturated rings. The number of hydrogen-bond donors (Lipinski definition) is 2. The van der Waals surface area contributed by atoms with Gasteiger partial charge >= 0.3 is 0 Å². The Labute approximate surface area is 164 Å². The third-order valence-corrected chi connectivity index (χ3v) is 4.08. The second kappa shape index (κ2) is 10.2. The smallest absolute Gasteiger partial charge is 0.194 e. The molecule has 1 atom stereocenters. The van der Waals surface area contributed by atoms with Crippen molar-refractivity contribution in [2.24, 2.45) is 12.0 Å². The van der Waals surface area contributed by atoms with Crippen LogP contribution in [0.2, 0.25) is 5.02 Å². The number of aliphatic imine (C=N–C) groups is 1. The number of hydrogen-bond acceptors (Lipinski definition) is 3. The van der Waals surface area contributed by atoms with Gasteiger partial charge in [0.1, 0.15) is 24.3 Å². The molecular formula is C19H26ClFN4O2. The van der Waals surface area contributed by atoms with E-state index in [-0.39, 0.29) is 19.0 Å². The first-order chi connectivity index (χ1) is 12.9. The highest BCUT2D eigenvalue weighted by Gasteiger charge is 2.11. The minimum atomic E-state index is -0.776. The van der Waals surface area contributed by atoms with Gasteiger partial charge in [0.2, 0.25) is 0 Å². The molecule has 0 spiro atoms. The highest BCUT2D eigenvalue weighted by molar-refractivity contribution is 6.30. The van der Waals surface area contributed by atoms with Gasteiger partial charge in [-0.05, 0) is 37.3 Å². The lowest BCUT2D eigenvalue weighted by molar-refractivity contribution is 0.114. The summed E-state index contributed by atoms with van der Waals surface area (Å²) in [6.07, 6.45) is 1.08. The Kier molecular flexibility index (Phi) is 7.94. The van der Waals surface area contributed by atoms with Gasteiger partial charge in [-0.3, -0.25) is 4.99 Å². The third-order valence-electron chi connectivity index (χ3n) is 3.88. The van der Waals surface area contributed by atoms with E-state index in [4.69, 9.17) is 16.3 Å². The van der Waals surface area contributed by atoms with E-state index in [9.17, 15) is 9.50 Å². The maximum absolute atomic E-state index is 12.9. The number of aliphatic hydroxyl groups excluding tert-OH is 1. The van der Waals surface area contributed by atoms with Crippen LogP contribution in [-0.4, -0.2) is 53.4 Å². The Hall–Kier alpha value is -2.25. The minimum absolute atomic E-state index is 0.0751. The van der Waals surface area contributed by atoms with E-state index < -0.39 is 6.10 Å². The Balaban J connectivity index is 1.90. The normalized spacial score (nSPS) is 12.7. The Morgan fingerprint density at radius 3 is 2.70 bits per heavy atom.